The molecule has 2 aliphatic rings. The highest BCUT2D eigenvalue weighted by atomic mass is 16.2. The average Bonchev–Trinajstić information content (AvgIpc) is 3.49. The molecule has 8 nitrogen and oxygen atoms in total. The molecule has 1 amide bonds. The number of nitrogens with zero attached hydrogens (tertiary/aromatic N) is 7. The van der Waals surface area contributed by atoms with Crippen molar-refractivity contribution >= 4 is 11.6 Å². The lowest BCUT2D eigenvalue weighted by atomic mass is 9.95. The zero-order valence-corrected chi connectivity index (χ0v) is 15.9. The largest absolute Gasteiger partial charge is 0.343 e. The van der Waals surface area contributed by atoms with E-state index in [1.54, 1.807) is 10.9 Å². The number of carbonyl (C=O) groups is 1. The van der Waals surface area contributed by atoms with E-state index in [0.29, 0.717) is 11.8 Å². The minimum absolute atomic E-state index is 0.269. The average molecular weight is 379 g/mol. The number of carbonyl (C=O) groups excluding carboxylic acids is 1. The molecule has 3 aromatic heterocycles. The van der Waals surface area contributed by atoms with Crippen molar-refractivity contribution in [3.63, 3.8) is 0 Å². The third kappa shape index (κ3) is 3.27. The summed E-state index contributed by atoms with van der Waals surface area (Å²) < 4.78 is 3.56. The van der Waals surface area contributed by atoms with Gasteiger partial charge in [0.15, 0.2) is 17.3 Å². The molecule has 0 atom stereocenters. The first kappa shape index (κ1) is 17.3. The van der Waals surface area contributed by atoms with Crippen molar-refractivity contribution in [3.05, 3.63) is 36.4 Å². The van der Waals surface area contributed by atoms with Crippen LogP contribution in [0.3, 0.4) is 0 Å². The Balaban J connectivity index is 1.29. The molecule has 0 spiro atoms. The minimum Gasteiger partial charge on any atom is -0.343 e. The summed E-state index contributed by atoms with van der Waals surface area (Å²) in [5.74, 6) is 2.83. The topological polar surface area (TPSA) is 81.2 Å². The molecule has 0 unspecified atom stereocenters. The Morgan fingerprint density at radius 3 is 2.64 bits per heavy atom. The van der Waals surface area contributed by atoms with Gasteiger partial charge in [-0.15, -0.1) is 15.3 Å². The summed E-state index contributed by atoms with van der Waals surface area (Å²) in [5, 5.41) is 17.6. The molecule has 28 heavy (non-hydrogen) atoms. The van der Waals surface area contributed by atoms with Gasteiger partial charge in [0, 0.05) is 37.8 Å². The Kier molecular flexibility index (Phi) is 4.54. The van der Waals surface area contributed by atoms with Crippen LogP contribution in [0.15, 0.2) is 30.6 Å². The smallest absolute Gasteiger partial charge is 0.222 e. The van der Waals surface area contributed by atoms with Crippen molar-refractivity contribution < 1.29 is 4.79 Å². The van der Waals surface area contributed by atoms with Crippen LogP contribution in [0, 0.1) is 5.92 Å². The van der Waals surface area contributed by atoms with Gasteiger partial charge in [-0.2, -0.15) is 9.61 Å². The molecule has 0 N–H and O–H groups in total. The Bertz CT molecular complexity index is 950. The fraction of sp³-hybridized carbons (Fsp3) is 0.550. The van der Waals surface area contributed by atoms with Gasteiger partial charge in [-0.25, -0.2) is 4.68 Å². The molecule has 8 heteroatoms. The number of hydrogen-bond donors (Lipinski definition) is 0. The quantitative estimate of drug-likeness (QED) is 0.696. The molecule has 0 radical (unpaired) electrons. The van der Waals surface area contributed by atoms with E-state index in [0.717, 1.165) is 49.6 Å². The van der Waals surface area contributed by atoms with Crippen LogP contribution in [0.25, 0.3) is 11.5 Å². The molecule has 0 bridgehead atoms. The zero-order chi connectivity index (χ0) is 18.9. The summed E-state index contributed by atoms with van der Waals surface area (Å²) in [7, 11) is 0. The van der Waals surface area contributed by atoms with Crippen LogP contribution in [0.2, 0.25) is 0 Å². The highest BCUT2D eigenvalue weighted by molar-refractivity contribution is 5.76. The first-order chi connectivity index (χ1) is 13.8. The maximum Gasteiger partial charge on any atom is 0.222 e. The highest BCUT2D eigenvalue weighted by Gasteiger charge is 2.29. The van der Waals surface area contributed by atoms with Gasteiger partial charge >= 0.3 is 0 Å². The van der Waals surface area contributed by atoms with Crippen molar-refractivity contribution in [2.75, 3.05) is 13.1 Å². The van der Waals surface area contributed by atoms with Crippen LogP contribution in [-0.4, -0.2) is 53.5 Å². The molecule has 2 fully saturated rings. The standard InChI is InChI=1S/C20H25N7O/c28-19(14-15-4-1-2-5-15)25-12-8-16(9-13-25)20-23-22-17-6-7-18(24-27(17)20)26-11-3-10-21-26/h3,6-7,10-11,15-16H,1-2,4-5,8-9,12-14H2. The molecule has 4 heterocycles. The highest BCUT2D eigenvalue weighted by Crippen LogP contribution is 2.30. The fourth-order valence-corrected chi connectivity index (χ4v) is 4.55. The molecule has 3 aromatic rings. The molecule has 146 valence electrons. The number of piperidine rings is 1. The van der Waals surface area contributed by atoms with Crippen LogP contribution in [0.4, 0.5) is 0 Å². The predicted octanol–water partition coefficient (Wildman–Crippen LogP) is 2.60. The van der Waals surface area contributed by atoms with Crippen molar-refractivity contribution in [3.8, 4) is 5.82 Å². The molecule has 5 rings (SSSR count). The molecule has 1 aliphatic carbocycles. The van der Waals surface area contributed by atoms with Crippen LogP contribution in [0.5, 0.6) is 0 Å². The molecule has 0 aromatic carbocycles. The third-order valence-corrected chi connectivity index (χ3v) is 6.16. The molecular formula is C20H25N7O. The summed E-state index contributed by atoms with van der Waals surface area (Å²) in [6, 6.07) is 5.68. The zero-order valence-electron chi connectivity index (χ0n) is 15.9. The minimum atomic E-state index is 0.269. The maximum atomic E-state index is 12.6. The number of rotatable bonds is 4. The summed E-state index contributed by atoms with van der Waals surface area (Å²) in [4.78, 5) is 14.6. The van der Waals surface area contributed by atoms with Gasteiger partial charge < -0.3 is 4.90 Å². The van der Waals surface area contributed by atoms with Crippen molar-refractivity contribution in [1.82, 2.24) is 34.5 Å². The molecular weight excluding hydrogens is 354 g/mol. The fourth-order valence-electron chi connectivity index (χ4n) is 4.55. The van der Waals surface area contributed by atoms with E-state index in [-0.39, 0.29) is 5.92 Å². The monoisotopic (exact) mass is 379 g/mol. The second-order valence-electron chi connectivity index (χ2n) is 7.98. The lowest BCUT2D eigenvalue weighted by molar-refractivity contribution is -0.133. The summed E-state index contributed by atoms with van der Waals surface area (Å²) in [6.07, 6.45) is 11.2. The second kappa shape index (κ2) is 7.33. The van der Waals surface area contributed by atoms with Crippen LogP contribution < -0.4 is 0 Å². The van der Waals surface area contributed by atoms with E-state index in [1.807, 2.05) is 33.8 Å². The summed E-state index contributed by atoms with van der Waals surface area (Å²) in [6.45, 7) is 1.59. The van der Waals surface area contributed by atoms with E-state index in [2.05, 4.69) is 20.4 Å². The molecule has 1 saturated heterocycles. The normalized spacial score (nSPS) is 18.9. The van der Waals surface area contributed by atoms with Gasteiger partial charge in [0.2, 0.25) is 5.91 Å². The van der Waals surface area contributed by atoms with Crippen LogP contribution in [0.1, 0.15) is 56.7 Å². The van der Waals surface area contributed by atoms with Crippen LogP contribution >= 0.6 is 0 Å². The Morgan fingerprint density at radius 1 is 1.07 bits per heavy atom. The third-order valence-electron chi connectivity index (χ3n) is 6.16. The van der Waals surface area contributed by atoms with Crippen molar-refractivity contribution in [1.29, 1.82) is 0 Å². The first-order valence-corrected chi connectivity index (χ1v) is 10.3. The van der Waals surface area contributed by atoms with Gasteiger partial charge in [0.05, 0.1) is 0 Å². The number of hydrogen-bond acceptors (Lipinski definition) is 5. The second-order valence-corrected chi connectivity index (χ2v) is 7.98. The van der Waals surface area contributed by atoms with Gasteiger partial charge in [-0.3, -0.25) is 4.79 Å². The lowest BCUT2D eigenvalue weighted by Gasteiger charge is -2.31. The summed E-state index contributed by atoms with van der Waals surface area (Å²) in [5.41, 5.74) is 0.741. The SMILES string of the molecule is O=C(CC1CCCC1)N1CCC(c2nnc3ccc(-n4cccn4)nn23)CC1. The van der Waals surface area contributed by atoms with E-state index < -0.39 is 0 Å². The maximum absolute atomic E-state index is 12.6. The van der Waals surface area contributed by atoms with E-state index >= 15 is 0 Å². The van der Waals surface area contributed by atoms with Crippen molar-refractivity contribution in [2.24, 2.45) is 5.92 Å². The van der Waals surface area contributed by atoms with E-state index in [1.165, 1.54) is 25.7 Å². The number of amides is 1. The summed E-state index contributed by atoms with van der Waals surface area (Å²) >= 11 is 0. The Labute approximate surface area is 163 Å². The van der Waals surface area contributed by atoms with Gasteiger partial charge in [-0.05, 0) is 49.8 Å². The van der Waals surface area contributed by atoms with E-state index in [4.69, 9.17) is 0 Å². The van der Waals surface area contributed by atoms with E-state index in [9.17, 15) is 4.79 Å². The lowest BCUT2D eigenvalue weighted by Crippen LogP contribution is -2.38. The predicted molar refractivity (Wildman–Crippen MR) is 103 cm³/mol. The Hall–Kier alpha value is -2.77. The first-order valence-electron chi connectivity index (χ1n) is 10.3. The molecule has 1 aliphatic heterocycles. The number of aromatic nitrogens is 6. The van der Waals surface area contributed by atoms with Gasteiger partial charge in [0.1, 0.15) is 0 Å². The number of likely N-dealkylation sites (tertiary alicyclic amines) is 1. The van der Waals surface area contributed by atoms with Gasteiger partial charge in [-0.1, -0.05) is 12.8 Å². The Morgan fingerprint density at radius 2 is 1.89 bits per heavy atom. The number of fused-ring (bicyclic) bond motifs is 1. The van der Waals surface area contributed by atoms with Crippen LogP contribution in [-0.2, 0) is 4.79 Å². The molecule has 1 saturated carbocycles. The van der Waals surface area contributed by atoms with Crippen molar-refractivity contribution in [2.45, 2.75) is 50.9 Å². The van der Waals surface area contributed by atoms with Gasteiger partial charge in [0.25, 0.3) is 0 Å².